The fraction of sp³-hybridized carbons (Fsp3) is 0.222. The number of ether oxygens (including phenoxy) is 2. The Balaban J connectivity index is 2.11. The van der Waals surface area contributed by atoms with Gasteiger partial charge in [-0.05, 0) is 36.4 Å². The van der Waals surface area contributed by atoms with Crippen LogP contribution in [0, 0.1) is 5.82 Å². The van der Waals surface area contributed by atoms with Gasteiger partial charge in [-0.15, -0.1) is 0 Å². The molecule has 150 valence electrons. The number of nitrogens with zero attached hydrogens (tertiary/aromatic N) is 1. The maximum absolute atomic E-state index is 13.1. The van der Waals surface area contributed by atoms with Crippen LogP contribution in [0.25, 0.3) is 0 Å². The number of nitrogens with one attached hydrogen (secondary N) is 1. The SMILES string of the molecule is COc1ccc(C(=O)OCC(=O)Nc2cccc(F)c2)cc1S(=O)(=O)N(C)C. The van der Waals surface area contributed by atoms with Crippen LogP contribution in [0.5, 0.6) is 5.75 Å². The maximum Gasteiger partial charge on any atom is 0.338 e. The normalized spacial score (nSPS) is 11.2. The third kappa shape index (κ3) is 5.05. The number of amides is 1. The first kappa shape index (κ1) is 21.3. The molecule has 10 heteroatoms. The lowest BCUT2D eigenvalue weighted by Crippen LogP contribution is -2.24. The molecule has 0 saturated carbocycles. The molecule has 0 spiro atoms. The summed E-state index contributed by atoms with van der Waals surface area (Å²) in [6, 6.07) is 8.98. The van der Waals surface area contributed by atoms with E-state index in [0.29, 0.717) is 0 Å². The summed E-state index contributed by atoms with van der Waals surface area (Å²) in [6.45, 7) is -0.628. The molecular weight excluding hydrogens is 391 g/mol. The van der Waals surface area contributed by atoms with Crippen molar-refractivity contribution >= 4 is 27.6 Å². The van der Waals surface area contributed by atoms with Gasteiger partial charge < -0.3 is 14.8 Å². The Hall–Kier alpha value is -2.98. The Bertz CT molecular complexity index is 991. The van der Waals surface area contributed by atoms with Crippen molar-refractivity contribution in [2.45, 2.75) is 4.90 Å². The Kier molecular flexibility index (Phi) is 6.71. The minimum atomic E-state index is -3.87. The highest BCUT2D eigenvalue weighted by Crippen LogP contribution is 2.27. The smallest absolute Gasteiger partial charge is 0.338 e. The van der Waals surface area contributed by atoms with Gasteiger partial charge in [0.1, 0.15) is 16.5 Å². The van der Waals surface area contributed by atoms with Gasteiger partial charge in [0.2, 0.25) is 10.0 Å². The highest BCUT2D eigenvalue weighted by Gasteiger charge is 2.24. The summed E-state index contributed by atoms with van der Waals surface area (Å²) in [5, 5.41) is 2.38. The van der Waals surface area contributed by atoms with Gasteiger partial charge in [-0.2, -0.15) is 0 Å². The summed E-state index contributed by atoms with van der Waals surface area (Å²) in [5.41, 5.74) is 0.143. The van der Waals surface area contributed by atoms with E-state index in [2.05, 4.69) is 5.32 Å². The average molecular weight is 410 g/mol. The van der Waals surface area contributed by atoms with Crippen molar-refractivity contribution in [1.29, 1.82) is 0 Å². The molecule has 0 saturated heterocycles. The van der Waals surface area contributed by atoms with E-state index in [9.17, 15) is 22.4 Å². The maximum atomic E-state index is 13.1. The summed E-state index contributed by atoms with van der Waals surface area (Å²) in [6.07, 6.45) is 0. The standard InChI is InChI=1S/C18H19FN2O6S/c1-21(2)28(24,25)16-9-12(7-8-15(16)26-3)18(23)27-11-17(22)20-14-6-4-5-13(19)10-14/h4-10H,11H2,1-3H3,(H,20,22). The van der Waals surface area contributed by atoms with E-state index >= 15 is 0 Å². The molecule has 1 N–H and O–H groups in total. The van der Waals surface area contributed by atoms with E-state index < -0.39 is 34.3 Å². The van der Waals surface area contributed by atoms with E-state index in [-0.39, 0.29) is 21.9 Å². The number of hydrogen-bond donors (Lipinski definition) is 1. The summed E-state index contributed by atoms with van der Waals surface area (Å²) >= 11 is 0. The number of hydrogen-bond acceptors (Lipinski definition) is 6. The Morgan fingerprint density at radius 3 is 2.46 bits per heavy atom. The number of carbonyl (C=O) groups is 2. The predicted molar refractivity (Wildman–Crippen MR) is 99.2 cm³/mol. The van der Waals surface area contributed by atoms with Gasteiger partial charge in [-0.3, -0.25) is 4.79 Å². The van der Waals surface area contributed by atoms with Crippen LogP contribution in [0.4, 0.5) is 10.1 Å². The van der Waals surface area contributed by atoms with E-state index in [1.165, 1.54) is 51.5 Å². The summed E-state index contributed by atoms with van der Waals surface area (Å²) < 4.78 is 48.8. The molecule has 0 radical (unpaired) electrons. The third-order valence-electron chi connectivity index (χ3n) is 3.60. The quantitative estimate of drug-likeness (QED) is 0.700. The van der Waals surface area contributed by atoms with Gasteiger partial charge in [-0.1, -0.05) is 6.07 Å². The lowest BCUT2D eigenvalue weighted by atomic mass is 10.2. The molecule has 0 bridgehead atoms. The minimum absolute atomic E-state index is 0.0640. The van der Waals surface area contributed by atoms with Crippen molar-refractivity contribution < 1.29 is 31.9 Å². The largest absolute Gasteiger partial charge is 0.495 e. The van der Waals surface area contributed by atoms with Gasteiger partial charge in [0.25, 0.3) is 5.91 Å². The summed E-state index contributed by atoms with van der Waals surface area (Å²) in [4.78, 5) is 23.8. The molecule has 28 heavy (non-hydrogen) atoms. The molecule has 2 aromatic carbocycles. The molecule has 0 aliphatic carbocycles. The first-order valence-corrected chi connectivity index (χ1v) is 9.42. The monoisotopic (exact) mass is 410 g/mol. The second kappa shape index (κ2) is 8.81. The van der Waals surface area contributed by atoms with Gasteiger partial charge in [-0.25, -0.2) is 21.9 Å². The lowest BCUT2D eigenvalue weighted by molar-refractivity contribution is -0.119. The Morgan fingerprint density at radius 1 is 1.14 bits per heavy atom. The predicted octanol–water partition coefficient (Wildman–Crippen LogP) is 1.88. The second-order valence-electron chi connectivity index (χ2n) is 5.79. The highest BCUT2D eigenvalue weighted by molar-refractivity contribution is 7.89. The molecule has 0 heterocycles. The molecule has 0 atom stereocenters. The molecule has 0 fully saturated rings. The molecule has 0 aliphatic rings. The zero-order valence-corrected chi connectivity index (χ0v) is 16.2. The summed E-state index contributed by atoms with van der Waals surface area (Å²) in [5.74, 6) is -2.03. The molecule has 0 aliphatic heterocycles. The van der Waals surface area contributed by atoms with Gasteiger partial charge >= 0.3 is 5.97 Å². The van der Waals surface area contributed by atoms with E-state index in [0.717, 1.165) is 16.4 Å². The number of sulfonamides is 1. The van der Waals surface area contributed by atoms with Crippen LogP contribution in [0.2, 0.25) is 0 Å². The van der Waals surface area contributed by atoms with Crippen molar-refractivity contribution in [2.24, 2.45) is 0 Å². The van der Waals surface area contributed by atoms with E-state index in [1.54, 1.807) is 0 Å². The van der Waals surface area contributed by atoms with Crippen molar-refractivity contribution in [3.05, 3.63) is 53.8 Å². The van der Waals surface area contributed by atoms with E-state index in [4.69, 9.17) is 9.47 Å². The molecule has 0 unspecified atom stereocenters. The first-order chi connectivity index (χ1) is 13.1. The minimum Gasteiger partial charge on any atom is -0.495 e. The summed E-state index contributed by atoms with van der Waals surface area (Å²) in [7, 11) is 0.126. The van der Waals surface area contributed by atoms with Crippen LogP contribution in [0.1, 0.15) is 10.4 Å². The van der Waals surface area contributed by atoms with Crippen molar-refractivity contribution in [2.75, 3.05) is 33.1 Å². The van der Waals surface area contributed by atoms with Crippen LogP contribution in [0.3, 0.4) is 0 Å². The average Bonchev–Trinajstić information content (AvgIpc) is 2.65. The Morgan fingerprint density at radius 2 is 1.86 bits per heavy atom. The zero-order chi connectivity index (χ0) is 20.9. The van der Waals surface area contributed by atoms with Gasteiger partial charge in [0.15, 0.2) is 6.61 Å². The molecular formula is C18H19FN2O6S. The van der Waals surface area contributed by atoms with E-state index in [1.807, 2.05) is 0 Å². The third-order valence-corrected chi connectivity index (χ3v) is 5.44. The topological polar surface area (TPSA) is 102 Å². The number of halogens is 1. The molecule has 8 nitrogen and oxygen atoms in total. The second-order valence-corrected chi connectivity index (χ2v) is 7.91. The van der Waals surface area contributed by atoms with Crippen LogP contribution in [0.15, 0.2) is 47.4 Å². The van der Waals surface area contributed by atoms with Gasteiger partial charge in [0.05, 0.1) is 12.7 Å². The Labute approximate surface area is 161 Å². The number of anilines is 1. The van der Waals surface area contributed by atoms with Crippen LogP contribution >= 0.6 is 0 Å². The fourth-order valence-electron chi connectivity index (χ4n) is 2.18. The van der Waals surface area contributed by atoms with Crippen molar-refractivity contribution in [3.63, 3.8) is 0 Å². The number of rotatable bonds is 7. The molecule has 2 aromatic rings. The number of methoxy groups -OCH3 is 1. The van der Waals surface area contributed by atoms with Crippen LogP contribution in [-0.2, 0) is 19.6 Å². The molecule has 2 rings (SSSR count). The van der Waals surface area contributed by atoms with Crippen LogP contribution < -0.4 is 10.1 Å². The van der Waals surface area contributed by atoms with Crippen molar-refractivity contribution in [1.82, 2.24) is 4.31 Å². The molecule has 1 amide bonds. The molecule has 0 aromatic heterocycles. The number of esters is 1. The van der Waals surface area contributed by atoms with Gasteiger partial charge in [0, 0.05) is 19.8 Å². The first-order valence-electron chi connectivity index (χ1n) is 7.98. The van der Waals surface area contributed by atoms with Crippen LogP contribution in [-0.4, -0.2) is 52.4 Å². The highest BCUT2D eigenvalue weighted by atomic mass is 32.2. The fourth-order valence-corrected chi connectivity index (χ4v) is 3.25. The lowest BCUT2D eigenvalue weighted by Gasteiger charge is -2.15. The van der Waals surface area contributed by atoms with Crippen molar-refractivity contribution in [3.8, 4) is 5.75 Å². The number of carbonyl (C=O) groups excluding carboxylic acids is 2. The number of benzene rings is 2. The zero-order valence-electron chi connectivity index (χ0n) is 15.4.